The van der Waals surface area contributed by atoms with Crippen LogP contribution in [0.15, 0.2) is 53.9 Å². The number of carbonyl (C=O) groups is 3. The maximum absolute atomic E-state index is 12.9. The van der Waals surface area contributed by atoms with E-state index in [9.17, 15) is 14.4 Å². The van der Waals surface area contributed by atoms with Gasteiger partial charge in [0, 0.05) is 29.4 Å². The number of aryl methyl sites for hydroxylation is 1. The molecule has 0 radical (unpaired) electrons. The molecule has 0 aliphatic rings. The SMILES string of the molecule is CC(C)NC(=O)c1ccc(Cl)cc1NC(=O)c1cccc(NC(=O)CSc2nncn2C)c1. The lowest BCUT2D eigenvalue weighted by molar-refractivity contribution is -0.113. The number of anilines is 2. The van der Waals surface area contributed by atoms with E-state index >= 15 is 0 Å². The summed E-state index contributed by atoms with van der Waals surface area (Å²) in [4.78, 5) is 37.6. The van der Waals surface area contributed by atoms with Gasteiger partial charge in [0.1, 0.15) is 6.33 Å². The number of hydrogen-bond acceptors (Lipinski definition) is 6. The molecule has 0 fully saturated rings. The number of thioether (sulfide) groups is 1. The Morgan fingerprint density at radius 3 is 2.58 bits per heavy atom. The molecule has 3 rings (SSSR count). The summed E-state index contributed by atoms with van der Waals surface area (Å²) in [6.07, 6.45) is 1.56. The fourth-order valence-electron chi connectivity index (χ4n) is 2.82. The van der Waals surface area contributed by atoms with E-state index in [1.165, 1.54) is 17.8 Å². The van der Waals surface area contributed by atoms with Crippen LogP contribution < -0.4 is 16.0 Å². The van der Waals surface area contributed by atoms with Gasteiger partial charge in [-0.15, -0.1) is 10.2 Å². The first-order chi connectivity index (χ1) is 15.7. The molecule has 11 heteroatoms. The number of nitrogens with one attached hydrogen (secondary N) is 3. The lowest BCUT2D eigenvalue weighted by Crippen LogP contribution is -2.31. The number of hydrogen-bond donors (Lipinski definition) is 3. The second-order valence-electron chi connectivity index (χ2n) is 7.41. The number of halogens is 1. The van der Waals surface area contributed by atoms with Crippen LogP contribution in [0.5, 0.6) is 0 Å². The Kier molecular flexibility index (Phi) is 8.07. The molecule has 9 nitrogen and oxygen atoms in total. The number of aromatic nitrogens is 3. The normalized spacial score (nSPS) is 10.7. The van der Waals surface area contributed by atoms with Crippen LogP contribution in [0.1, 0.15) is 34.6 Å². The third-order valence-corrected chi connectivity index (χ3v) is 5.57. The number of benzene rings is 2. The average molecular weight is 487 g/mol. The number of nitrogens with zero attached hydrogens (tertiary/aromatic N) is 3. The topological polar surface area (TPSA) is 118 Å². The molecule has 0 aliphatic heterocycles. The predicted molar refractivity (Wildman–Crippen MR) is 129 cm³/mol. The summed E-state index contributed by atoms with van der Waals surface area (Å²) in [7, 11) is 1.79. The summed E-state index contributed by atoms with van der Waals surface area (Å²) in [6.45, 7) is 3.69. The van der Waals surface area contributed by atoms with Crippen molar-refractivity contribution >= 4 is 52.5 Å². The second kappa shape index (κ2) is 11.0. The summed E-state index contributed by atoms with van der Waals surface area (Å²) in [5.74, 6) is -0.873. The largest absolute Gasteiger partial charge is 0.350 e. The van der Waals surface area contributed by atoms with E-state index in [0.29, 0.717) is 32.7 Å². The van der Waals surface area contributed by atoms with Crippen molar-refractivity contribution in [1.82, 2.24) is 20.1 Å². The molecular formula is C22H23ClN6O3S. The van der Waals surface area contributed by atoms with Gasteiger partial charge in [-0.25, -0.2) is 0 Å². The van der Waals surface area contributed by atoms with Gasteiger partial charge < -0.3 is 20.5 Å². The highest BCUT2D eigenvalue weighted by molar-refractivity contribution is 7.99. The van der Waals surface area contributed by atoms with E-state index in [-0.39, 0.29) is 23.6 Å². The van der Waals surface area contributed by atoms with Crippen LogP contribution in [0, 0.1) is 0 Å². The fourth-order valence-corrected chi connectivity index (χ4v) is 3.68. The summed E-state index contributed by atoms with van der Waals surface area (Å²) in [5.41, 5.74) is 1.37. The van der Waals surface area contributed by atoms with E-state index in [2.05, 4.69) is 26.1 Å². The van der Waals surface area contributed by atoms with Gasteiger partial charge in [-0.2, -0.15) is 0 Å². The van der Waals surface area contributed by atoms with Gasteiger partial charge in [0.05, 0.1) is 17.0 Å². The van der Waals surface area contributed by atoms with Crippen molar-refractivity contribution in [2.75, 3.05) is 16.4 Å². The minimum absolute atomic E-state index is 0.0659. The lowest BCUT2D eigenvalue weighted by atomic mass is 10.1. The highest BCUT2D eigenvalue weighted by atomic mass is 35.5. The zero-order valence-electron chi connectivity index (χ0n) is 18.3. The fraction of sp³-hybridized carbons (Fsp3) is 0.227. The van der Waals surface area contributed by atoms with Gasteiger partial charge in [-0.05, 0) is 50.2 Å². The zero-order valence-corrected chi connectivity index (χ0v) is 19.8. The number of rotatable bonds is 8. The van der Waals surface area contributed by atoms with Crippen molar-refractivity contribution < 1.29 is 14.4 Å². The molecule has 0 spiro atoms. The zero-order chi connectivity index (χ0) is 24.0. The van der Waals surface area contributed by atoms with Gasteiger partial charge in [0.15, 0.2) is 5.16 Å². The molecule has 0 aliphatic carbocycles. The van der Waals surface area contributed by atoms with E-state index in [1.807, 2.05) is 13.8 Å². The molecule has 0 unspecified atom stereocenters. The molecule has 33 heavy (non-hydrogen) atoms. The first-order valence-electron chi connectivity index (χ1n) is 10.0. The first-order valence-corrected chi connectivity index (χ1v) is 11.4. The smallest absolute Gasteiger partial charge is 0.255 e. The molecule has 3 amide bonds. The Morgan fingerprint density at radius 1 is 1.09 bits per heavy atom. The van der Waals surface area contributed by atoms with Gasteiger partial charge in [0.25, 0.3) is 11.8 Å². The van der Waals surface area contributed by atoms with Crippen molar-refractivity contribution in [1.29, 1.82) is 0 Å². The molecular weight excluding hydrogens is 464 g/mol. The molecule has 2 aromatic carbocycles. The van der Waals surface area contributed by atoms with Crippen molar-refractivity contribution in [2.24, 2.45) is 7.05 Å². The average Bonchev–Trinajstić information content (AvgIpc) is 3.16. The standard InChI is InChI=1S/C22H23ClN6O3S/c1-13(2)25-21(32)17-8-7-15(23)10-18(17)27-20(31)14-5-4-6-16(9-14)26-19(30)11-33-22-28-24-12-29(22)3/h4-10,12-13H,11H2,1-3H3,(H,25,32)(H,26,30)(H,27,31). The van der Waals surface area contributed by atoms with Gasteiger partial charge in [0.2, 0.25) is 5.91 Å². The van der Waals surface area contributed by atoms with Crippen LogP contribution >= 0.6 is 23.4 Å². The summed E-state index contributed by atoms with van der Waals surface area (Å²) >= 11 is 7.32. The summed E-state index contributed by atoms with van der Waals surface area (Å²) in [5, 5.41) is 17.0. The van der Waals surface area contributed by atoms with Crippen LogP contribution in [-0.2, 0) is 11.8 Å². The summed E-state index contributed by atoms with van der Waals surface area (Å²) < 4.78 is 1.72. The quantitative estimate of drug-likeness (QED) is 0.419. The Labute approximate surface area is 200 Å². The Balaban J connectivity index is 1.68. The Bertz CT molecular complexity index is 1180. The van der Waals surface area contributed by atoms with E-state index < -0.39 is 5.91 Å². The molecule has 0 saturated carbocycles. The first kappa shape index (κ1) is 24.3. The predicted octanol–water partition coefficient (Wildman–Crippen LogP) is 3.59. The van der Waals surface area contributed by atoms with Crippen LogP contribution in [0.2, 0.25) is 5.02 Å². The molecule has 3 aromatic rings. The Morgan fingerprint density at radius 2 is 1.88 bits per heavy atom. The molecule has 3 N–H and O–H groups in total. The van der Waals surface area contributed by atoms with Gasteiger partial charge in [-0.3, -0.25) is 14.4 Å². The highest BCUT2D eigenvalue weighted by Crippen LogP contribution is 2.23. The minimum atomic E-state index is -0.444. The third kappa shape index (κ3) is 6.80. The molecule has 1 aromatic heterocycles. The number of amides is 3. The molecule has 1 heterocycles. The van der Waals surface area contributed by atoms with Crippen LogP contribution in [-0.4, -0.2) is 44.3 Å². The maximum Gasteiger partial charge on any atom is 0.255 e. The van der Waals surface area contributed by atoms with Crippen LogP contribution in [0.3, 0.4) is 0 Å². The molecule has 0 atom stereocenters. The maximum atomic E-state index is 12.9. The van der Waals surface area contributed by atoms with E-state index in [0.717, 1.165) is 0 Å². The second-order valence-corrected chi connectivity index (χ2v) is 8.79. The van der Waals surface area contributed by atoms with E-state index in [1.54, 1.807) is 54.3 Å². The van der Waals surface area contributed by atoms with E-state index in [4.69, 9.17) is 11.6 Å². The summed E-state index contributed by atoms with van der Waals surface area (Å²) in [6, 6.07) is 11.1. The van der Waals surface area contributed by atoms with Crippen molar-refractivity contribution in [3.05, 3.63) is 64.9 Å². The highest BCUT2D eigenvalue weighted by Gasteiger charge is 2.16. The molecule has 172 valence electrons. The van der Waals surface area contributed by atoms with Crippen LogP contribution in [0.25, 0.3) is 0 Å². The van der Waals surface area contributed by atoms with Gasteiger partial charge >= 0.3 is 0 Å². The number of carbonyl (C=O) groups excluding carboxylic acids is 3. The van der Waals surface area contributed by atoms with Crippen molar-refractivity contribution in [3.63, 3.8) is 0 Å². The van der Waals surface area contributed by atoms with Crippen molar-refractivity contribution in [3.8, 4) is 0 Å². The minimum Gasteiger partial charge on any atom is -0.350 e. The third-order valence-electron chi connectivity index (χ3n) is 4.30. The Hall–Kier alpha value is -3.37. The molecule has 0 saturated heterocycles. The van der Waals surface area contributed by atoms with Crippen LogP contribution in [0.4, 0.5) is 11.4 Å². The monoisotopic (exact) mass is 486 g/mol. The lowest BCUT2D eigenvalue weighted by Gasteiger charge is -2.14. The van der Waals surface area contributed by atoms with Crippen molar-refractivity contribution in [2.45, 2.75) is 25.0 Å². The molecule has 0 bridgehead atoms. The van der Waals surface area contributed by atoms with Gasteiger partial charge in [-0.1, -0.05) is 29.4 Å².